The Kier molecular flexibility index (Phi) is 6.59. The molecule has 8 heteroatoms. The minimum absolute atomic E-state index is 0.0185. The smallest absolute Gasteiger partial charge is 0.317 e. The number of ether oxygens (including phenoxy) is 1. The summed E-state index contributed by atoms with van der Waals surface area (Å²) in [5.74, 6) is 0.0902. The fourth-order valence-electron chi connectivity index (χ4n) is 2.53. The summed E-state index contributed by atoms with van der Waals surface area (Å²) >= 11 is 0. The minimum Gasteiger partial charge on any atom is -0.389 e. The van der Waals surface area contributed by atoms with E-state index in [4.69, 9.17) is 4.74 Å². The molecule has 1 aromatic carbocycles. The van der Waals surface area contributed by atoms with Crippen LogP contribution in [0.1, 0.15) is 12.0 Å². The van der Waals surface area contributed by atoms with Crippen molar-refractivity contribution in [2.24, 2.45) is 0 Å². The lowest BCUT2D eigenvalue weighted by molar-refractivity contribution is 0.0180. The Labute approximate surface area is 142 Å². The summed E-state index contributed by atoms with van der Waals surface area (Å²) in [7, 11) is -1.48. The van der Waals surface area contributed by atoms with Gasteiger partial charge in [0.05, 0.1) is 37.4 Å². The van der Waals surface area contributed by atoms with Crippen LogP contribution in [0.2, 0.25) is 0 Å². The van der Waals surface area contributed by atoms with Crippen LogP contribution < -0.4 is 5.32 Å². The van der Waals surface area contributed by atoms with Gasteiger partial charge in [0.25, 0.3) is 0 Å². The number of hydrogen-bond acceptors (Lipinski definition) is 5. The van der Waals surface area contributed by atoms with E-state index in [2.05, 4.69) is 5.32 Å². The van der Waals surface area contributed by atoms with Crippen molar-refractivity contribution >= 4 is 15.9 Å². The highest BCUT2D eigenvalue weighted by Gasteiger charge is 2.29. The van der Waals surface area contributed by atoms with Gasteiger partial charge in [-0.15, -0.1) is 0 Å². The number of sulfone groups is 1. The van der Waals surface area contributed by atoms with E-state index in [0.29, 0.717) is 13.0 Å². The molecule has 0 aromatic heterocycles. The normalized spacial score (nSPS) is 20.5. The van der Waals surface area contributed by atoms with Crippen LogP contribution >= 0.6 is 0 Å². The molecule has 2 rings (SSSR count). The van der Waals surface area contributed by atoms with E-state index in [9.17, 15) is 18.3 Å². The van der Waals surface area contributed by atoms with Crippen molar-refractivity contribution in [2.45, 2.75) is 25.2 Å². The standard InChI is InChI=1S/C16H24N2O5S/c1-18(16(20)17-14-7-8-24(21,22)12-14)9-15(19)11-23-10-13-5-3-2-4-6-13/h2-6,14-15,19H,7-12H2,1H3,(H,17,20)/t14-,15+/m1/s1. The van der Waals surface area contributed by atoms with E-state index in [-0.39, 0.29) is 36.7 Å². The number of nitrogens with zero attached hydrogens (tertiary/aromatic N) is 1. The predicted octanol–water partition coefficient (Wildman–Crippen LogP) is 0.393. The summed E-state index contributed by atoms with van der Waals surface area (Å²) in [6.45, 7) is 0.623. The molecule has 0 radical (unpaired) electrons. The van der Waals surface area contributed by atoms with Crippen LogP contribution in [0.25, 0.3) is 0 Å². The van der Waals surface area contributed by atoms with E-state index in [1.165, 1.54) is 4.90 Å². The number of aliphatic hydroxyl groups excluding tert-OH is 1. The van der Waals surface area contributed by atoms with Gasteiger partial charge in [-0.25, -0.2) is 13.2 Å². The molecule has 1 aliphatic rings. The summed E-state index contributed by atoms with van der Waals surface area (Å²) in [5.41, 5.74) is 1.01. The monoisotopic (exact) mass is 356 g/mol. The third-order valence-corrected chi connectivity index (χ3v) is 5.58. The lowest BCUT2D eigenvalue weighted by Crippen LogP contribution is -2.46. The Hall–Kier alpha value is -1.64. The first-order valence-electron chi connectivity index (χ1n) is 7.87. The first kappa shape index (κ1) is 18.7. The molecule has 1 aliphatic heterocycles. The fraction of sp³-hybridized carbons (Fsp3) is 0.562. The second-order valence-electron chi connectivity index (χ2n) is 6.08. The van der Waals surface area contributed by atoms with Gasteiger partial charge in [0.2, 0.25) is 0 Å². The van der Waals surface area contributed by atoms with Crippen LogP contribution in [0.3, 0.4) is 0 Å². The van der Waals surface area contributed by atoms with Gasteiger partial charge < -0.3 is 20.1 Å². The number of carbonyl (C=O) groups is 1. The fourth-order valence-corrected chi connectivity index (χ4v) is 4.21. The number of aliphatic hydroxyl groups is 1. The van der Waals surface area contributed by atoms with Crippen molar-refractivity contribution in [1.82, 2.24) is 10.2 Å². The average molecular weight is 356 g/mol. The number of urea groups is 1. The second-order valence-corrected chi connectivity index (χ2v) is 8.31. The van der Waals surface area contributed by atoms with Gasteiger partial charge in [-0.05, 0) is 12.0 Å². The molecule has 1 heterocycles. The van der Waals surface area contributed by atoms with Crippen LogP contribution in [0.5, 0.6) is 0 Å². The number of rotatable bonds is 7. The third-order valence-electron chi connectivity index (χ3n) is 3.81. The lowest BCUT2D eigenvalue weighted by atomic mass is 10.2. The van der Waals surface area contributed by atoms with Crippen LogP contribution in [-0.2, 0) is 21.2 Å². The molecule has 0 spiro atoms. The van der Waals surface area contributed by atoms with Crippen molar-refractivity contribution in [3.05, 3.63) is 35.9 Å². The number of hydrogen-bond donors (Lipinski definition) is 2. The molecule has 1 saturated heterocycles. The van der Waals surface area contributed by atoms with E-state index in [1.54, 1.807) is 7.05 Å². The molecule has 1 aromatic rings. The Bertz CT molecular complexity index is 635. The maximum atomic E-state index is 12.0. The zero-order chi connectivity index (χ0) is 17.6. The van der Waals surface area contributed by atoms with E-state index < -0.39 is 15.9 Å². The van der Waals surface area contributed by atoms with Crippen molar-refractivity contribution in [1.29, 1.82) is 0 Å². The van der Waals surface area contributed by atoms with Crippen LogP contribution in [0.15, 0.2) is 30.3 Å². The molecule has 7 nitrogen and oxygen atoms in total. The maximum absolute atomic E-state index is 12.0. The Balaban J connectivity index is 1.67. The minimum atomic E-state index is -3.03. The average Bonchev–Trinajstić information content (AvgIpc) is 2.87. The highest BCUT2D eigenvalue weighted by molar-refractivity contribution is 7.91. The molecule has 2 atom stereocenters. The number of nitrogens with one attached hydrogen (secondary N) is 1. The molecule has 1 fully saturated rings. The number of amides is 2. The van der Waals surface area contributed by atoms with Crippen molar-refractivity contribution < 1.29 is 23.1 Å². The molecule has 0 bridgehead atoms. The SMILES string of the molecule is CN(C[C@H](O)COCc1ccccc1)C(=O)N[C@@H]1CCS(=O)(=O)C1. The maximum Gasteiger partial charge on any atom is 0.317 e. The zero-order valence-corrected chi connectivity index (χ0v) is 14.5. The van der Waals surface area contributed by atoms with Gasteiger partial charge in [0.1, 0.15) is 0 Å². The first-order chi connectivity index (χ1) is 11.4. The zero-order valence-electron chi connectivity index (χ0n) is 13.7. The molecule has 2 amide bonds. The van der Waals surface area contributed by atoms with E-state index in [1.807, 2.05) is 30.3 Å². The van der Waals surface area contributed by atoms with Gasteiger partial charge in [-0.3, -0.25) is 0 Å². The summed E-state index contributed by atoms with van der Waals surface area (Å²) in [6, 6.07) is 8.87. The highest BCUT2D eigenvalue weighted by Crippen LogP contribution is 2.11. The van der Waals surface area contributed by atoms with Gasteiger partial charge >= 0.3 is 6.03 Å². The molecule has 2 N–H and O–H groups in total. The number of likely N-dealkylation sites (N-methyl/N-ethyl adjacent to an activating group) is 1. The summed E-state index contributed by atoms with van der Waals surface area (Å²) in [4.78, 5) is 13.3. The molecular weight excluding hydrogens is 332 g/mol. The van der Waals surface area contributed by atoms with Crippen LogP contribution in [-0.4, -0.2) is 68.3 Å². The number of benzene rings is 1. The second kappa shape index (κ2) is 8.46. The van der Waals surface area contributed by atoms with Crippen molar-refractivity contribution in [3.8, 4) is 0 Å². The molecule has 0 unspecified atom stereocenters. The Morgan fingerprint density at radius 2 is 2.12 bits per heavy atom. The van der Waals surface area contributed by atoms with E-state index in [0.717, 1.165) is 5.56 Å². The largest absolute Gasteiger partial charge is 0.389 e. The molecule has 0 aliphatic carbocycles. The van der Waals surface area contributed by atoms with Gasteiger partial charge in [-0.2, -0.15) is 0 Å². The highest BCUT2D eigenvalue weighted by atomic mass is 32.2. The summed E-state index contributed by atoms with van der Waals surface area (Å²) < 4.78 is 28.2. The Morgan fingerprint density at radius 1 is 1.42 bits per heavy atom. The summed E-state index contributed by atoms with van der Waals surface area (Å²) in [5, 5.41) is 12.6. The van der Waals surface area contributed by atoms with Gasteiger partial charge in [0.15, 0.2) is 9.84 Å². The van der Waals surface area contributed by atoms with Gasteiger partial charge in [-0.1, -0.05) is 30.3 Å². The molecule has 134 valence electrons. The third kappa shape index (κ3) is 6.10. The topological polar surface area (TPSA) is 95.9 Å². The van der Waals surface area contributed by atoms with Crippen LogP contribution in [0.4, 0.5) is 4.79 Å². The van der Waals surface area contributed by atoms with Crippen LogP contribution in [0, 0.1) is 0 Å². The van der Waals surface area contributed by atoms with Crippen molar-refractivity contribution in [2.75, 3.05) is 31.7 Å². The molecular formula is C16H24N2O5S. The number of carbonyl (C=O) groups excluding carboxylic acids is 1. The van der Waals surface area contributed by atoms with E-state index >= 15 is 0 Å². The first-order valence-corrected chi connectivity index (χ1v) is 9.69. The molecule has 24 heavy (non-hydrogen) atoms. The lowest BCUT2D eigenvalue weighted by Gasteiger charge is -2.23. The quantitative estimate of drug-likeness (QED) is 0.737. The van der Waals surface area contributed by atoms with Gasteiger partial charge in [0, 0.05) is 13.1 Å². The molecule has 0 saturated carbocycles. The predicted molar refractivity (Wildman–Crippen MR) is 90.3 cm³/mol. The summed E-state index contributed by atoms with van der Waals surface area (Å²) in [6.07, 6.45) is -0.373. The van der Waals surface area contributed by atoms with Crippen molar-refractivity contribution in [3.63, 3.8) is 0 Å². The Morgan fingerprint density at radius 3 is 2.75 bits per heavy atom.